The Labute approximate surface area is 115 Å². The molecule has 1 aromatic rings. The predicted octanol–water partition coefficient (Wildman–Crippen LogP) is 2.15. The lowest BCUT2D eigenvalue weighted by molar-refractivity contribution is 0.0698. The highest BCUT2D eigenvalue weighted by molar-refractivity contribution is 5.96. The van der Waals surface area contributed by atoms with Gasteiger partial charge in [-0.15, -0.1) is 0 Å². The lowest BCUT2D eigenvalue weighted by Gasteiger charge is -2.31. The fraction of sp³-hybridized carbons (Fsp3) is 0.533. The van der Waals surface area contributed by atoms with E-state index in [0.717, 1.165) is 5.56 Å². The lowest BCUT2D eigenvalue weighted by atomic mass is 9.92. The number of amides is 1. The van der Waals surface area contributed by atoms with E-state index in [1.807, 2.05) is 33.8 Å². The molecule has 4 nitrogen and oxygen atoms in total. The number of phenolic OH excluding ortho intramolecular Hbond substituents is 1. The summed E-state index contributed by atoms with van der Waals surface area (Å²) in [5, 5.41) is 9.89. The van der Waals surface area contributed by atoms with Crippen molar-refractivity contribution in [3.63, 3.8) is 0 Å². The highest BCUT2D eigenvalue weighted by Crippen LogP contribution is 2.22. The van der Waals surface area contributed by atoms with Crippen LogP contribution in [0.15, 0.2) is 18.2 Å². The van der Waals surface area contributed by atoms with Crippen molar-refractivity contribution in [1.29, 1.82) is 0 Å². The van der Waals surface area contributed by atoms with Gasteiger partial charge in [-0.1, -0.05) is 19.9 Å². The molecule has 0 saturated heterocycles. The quantitative estimate of drug-likeness (QED) is 0.856. The van der Waals surface area contributed by atoms with Crippen LogP contribution in [0.25, 0.3) is 0 Å². The molecule has 1 aromatic carbocycles. The van der Waals surface area contributed by atoms with E-state index in [1.165, 1.54) is 0 Å². The third-order valence-corrected chi connectivity index (χ3v) is 3.22. The normalized spacial score (nSPS) is 11.4. The zero-order valence-electron chi connectivity index (χ0n) is 12.2. The molecule has 106 valence electrons. The van der Waals surface area contributed by atoms with Gasteiger partial charge in [0.15, 0.2) is 0 Å². The van der Waals surface area contributed by atoms with Crippen LogP contribution in [0.5, 0.6) is 5.75 Å². The molecule has 0 spiro atoms. The number of carbonyl (C=O) groups is 1. The molecule has 0 heterocycles. The number of benzene rings is 1. The van der Waals surface area contributed by atoms with Crippen LogP contribution in [0.1, 0.15) is 36.7 Å². The Morgan fingerprint density at radius 3 is 2.53 bits per heavy atom. The summed E-state index contributed by atoms with van der Waals surface area (Å²) < 4.78 is 0. The fourth-order valence-corrected chi connectivity index (χ4v) is 1.90. The molecule has 0 atom stereocenters. The second-order valence-electron chi connectivity index (χ2n) is 5.71. The Hall–Kier alpha value is -1.55. The van der Waals surface area contributed by atoms with Gasteiger partial charge in [0.1, 0.15) is 5.75 Å². The van der Waals surface area contributed by atoms with Crippen molar-refractivity contribution in [1.82, 2.24) is 4.90 Å². The van der Waals surface area contributed by atoms with Gasteiger partial charge >= 0.3 is 0 Å². The van der Waals surface area contributed by atoms with Gasteiger partial charge in [-0.3, -0.25) is 4.79 Å². The molecule has 1 rings (SSSR count). The maximum Gasteiger partial charge on any atom is 0.257 e. The van der Waals surface area contributed by atoms with Crippen LogP contribution in [-0.4, -0.2) is 35.5 Å². The van der Waals surface area contributed by atoms with Crippen molar-refractivity contribution < 1.29 is 9.90 Å². The molecule has 0 aliphatic carbocycles. The number of hydrogen-bond acceptors (Lipinski definition) is 3. The number of hydrogen-bond donors (Lipinski definition) is 2. The maximum absolute atomic E-state index is 12.4. The number of nitrogens with two attached hydrogens (primary N) is 1. The van der Waals surface area contributed by atoms with Crippen molar-refractivity contribution >= 4 is 5.91 Å². The van der Waals surface area contributed by atoms with Crippen molar-refractivity contribution in [2.75, 3.05) is 19.6 Å². The maximum atomic E-state index is 12.4. The first kappa shape index (κ1) is 15.5. The Balaban J connectivity index is 2.96. The molecule has 0 radical (unpaired) electrons. The summed E-state index contributed by atoms with van der Waals surface area (Å²) >= 11 is 0. The average molecular weight is 264 g/mol. The van der Waals surface area contributed by atoms with Gasteiger partial charge in [0.25, 0.3) is 5.91 Å². The zero-order valence-corrected chi connectivity index (χ0v) is 12.2. The van der Waals surface area contributed by atoms with Crippen LogP contribution < -0.4 is 5.73 Å². The minimum atomic E-state index is -0.151. The molecule has 0 fully saturated rings. The Morgan fingerprint density at radius 1 is 1.42 bits per heavy atom. The Bertz CT molecular complexity index is 455. The summed E-state index contributed by atoms with van der Waals surface area (Å²) in [7, 11) is 0. The van der Waals surface area contributed by atoms with Crippen LogP contribution in [-0.2, 0) is 0 Å². The number of aryl methyl sites for hydroxylation is 1. The van der Waals surface area contributed by atoms with Gasteiger partial charge in [-0.05, 0) is 43.5 Å². The van der Waals surface area contributed by atoms with E-state index in [1.54, 1.807) is 17.0 Å². The van der Waals surface area contributed by atoms with Crippen LogP contribution in [0.4, 0.5) is 0 Å². The third-order valence-electron chi connectivity index (χ3n) is 3.22. The predicted molar refractivity (Wildman–Crippen MR) is 77.3 cm³/mol. The summed E-state index contributed by atoms with van der Waals surface area (Å²) in [6.45, 7) is 9.53. The SMILES string of the molecule is CCN(CC(C)(C)CN)C(=O)c1ccc(C)cc1O. The summed E-state index contributed by atoms with van der Waals surface area (Å²) in [6, 6.07) is 5.11. The van der Waals surface area contributed by atoms with Crippen LogP contribution in [0.3, 0.4) is 0 Å². The smallest absolute Gasteiger partial charge is 0.257 e. The Kier molecular flexibility index (Phi) is 4.95. The van der Waals surface area contributed by atoms with E-state index in [-0.39, 0.29) is 17.1 Å². The molecule has 0 unspecified atom stereocenters. The standard InChI is InChI=1S/C15H24N2O2/c1-5-17(10-15(3,4)9-16)14(19)12-7-6-11(2)8-13(12)18/h6-8,18H,5,9-10,16H2,1-4H3. The topological polar surface area (TPSA) is 66.6 Å². The molecule has 19 heavy (non-hydrogen) atoms. The molecule has 0 saturated carbocycles. The van der Waals surface area contributed by atoms with Crippen molar-refractivity contribution in [2.24, 2.45) is 11.1 Å². The van der Waals surface area contributed by atoms with Gasteiger partial charge < -0.3 is 15.7 Å². The molecular weight excluding hydrogens is 240 g/mol. The lowest BCUT2D eigenvalue weighted by Crippen LogP contribution is -2.42. The van der Waals surface area contributed by atoms with E-state index in [0.29, 0.717) is 25.2 Å². The number of carbonyl (C=O) groups excluding carboxylic acids is 1. The summed E-state index contributed by atoms with van der Waals surface area (Å²) in [4.78, 5) is 14.1. The van der Waals surface area contributed by atoms with Gasteiger partial charge in [-0.25, -0.2) is 0 Å². The van der Waals surface area contributed by atoms with Crippen molar-refractivity contribution in [3.05, 3.63) is 29.3 Å². The summed E-state index contributed by atoms with van der Waals surface area (Å²) in [6.07, 6.45) is 0. The number of nitrogens with zero attached hydrogens (tertiary/aromatic N) is 1. The van der Waals surface area contributed by atoms with E-state index in [9.17, 15) is 9.90 Å². The Morgan fingerprint density at radius 2 is 2.05 bits per heavy atom. The first-order chi connectivity index (χ1) is 8.80. The zero-order chi connectivity index (χ0) is 14.6. The van der Waals surface area contributed by atoms with Gasteiger partial charge in [0, 0.05) is 13.1 Å². The highest BCUT2D eigenvalue weighted by Gasteiger charge is 2.24. The van der Waals surface area contributed by atoms with E-state index >= 15 is 0 Å². The van der Waals surface area contributed by atoms with Gasteiger partial charge in [-0.2, -0.15) is 0 Å². The van der Waals surface area contributed by atoms with E-state index in [2.05, 4.69) is 0 Å². The van der Waals surface area contributed by atoms with Crippen LogP contribution >= 0.6 is 0 Å². The minimum absolute atomic E-state index is 0.0361. The summed E-state index contributed by atoms with van der Waals surface area (Å²) in [5.74, 6) is -0.115. The van der Waals surface area contributed by atoms with E-state index < -0.39 is 0 Å². The molecule has 0 aromatic heterocycles. The second-order valence-corrected chi connectivity index (χ2v) is 5.71. The van der Waals surface area contributed by atoms with Gasteiger partial charge in [0.2, 0.25) is 0 Å². The molecule has 1 amide bonds. The third kappa shape index (κ3) is 3.96. The summed E-state index contributed by atoms with van der Waals surface area (Å²) in [5.41, 5.74) is 6.86. The van der Waals surface area contributed by atoms with Gasteiger partial charge in [0.05, 0.1) is 5.56 Å². The molecule has 0 bridgehead atoms. The first-order valence-corrected chi connectivity index (χ1v) is 6.59. The van der Waals surface area contributed by atoms with Crippen LogP contribution in [0, 0.1) is 12.3 Å². The molecule has 0 aliphatic rings. The van der Waals surface area contributed by atoms with E-state index in [4.69, 9.17) is 5.73 Å². The fourth-order valence-electron chi connectivity index (χ4n) is 1.90. The molecule has 0 aliphatic heterocycles. The average Bonchev–Trinajstić information content (AvgIpc) is 2.35. The first-order valence-electron chi connectivity index (χ1n) is 6.59. The second kappa shape index (κ2) is 6.06. The van der Waals surface area contributed by atoms with Crippen LogP contribution in [0.2, 0.25) is 0 Å². The molecule has 4 heteroatoms. The number of aromatic hydroxyl groups is 1. The highest BCUT2D eigenvalue weighted by atomic mass is 16.3. The minimum Gasteiger partial charge on any atom is -0.507 e. The van der Waals surface area contributed by atoms with Crippen molar-refractivity contribution in [2.45, 2.75) is 27.7 Å². The molecular formula is C15H24N2O2. The largest absolute Gasteiger partial charge is 0.507 e. The monoisotopic (exact) mass is 264 g/mol. The van der Waals surface area contributed by atoms with Crippen molar-refractivity contribution in [3.8, 4) is 5.75 Å². The number of phenols is 1. The molecule has 3 N–H and O–H groups in total. The number of rotatable bonds is 5.